The first-order chi connectivity index (χ1) is 5.99. The third-order valence-corrected chi connectivity index (χ3v) is 2.62. The molecule has 0 aromatic heterocycles. The molecule has 0 aliphatic carbocycles. The van der Waals surface area contributed by atoms with Gasteiger partial charge < -0.3 is 11.1 Å². The predicted octanol–water partition coefficient (Wildman–Crippen LogP) is 1.28. The molecule has 0 aliphatic rings. The predicted molar refractivity (Wildman–Crippen MR) is 55.3 cm³/mol. The number of carbonyl (C=O) groups is 1. The summed E-state index contributed by atoms with van der Waals surface area (Å²) in [5, 5.41) is 2.63. The summed E-state index contributed by atoms with van der Waals surface area (Å²) in [6, 6.07) is 0. The Morgan fingerprint density at radius 1 is 1.54 bits per heavy atom. The van der Waals surface area contributed by atoms with Crippen LogP contribution in [-0.2, 0) is 4.79 Å². The van der Waals surface area contributed by atoms with E-state index in [0.29, 0.717) is 0 Å². The van der Waals surface area contributed by atoms with E-state index in [1.807, 2.05) is 13.8 Å². The molecule has 0 aromatic rings. The average Bonchev–Trinajstić information content (AvgIpc) is 2.12. The van der Waals surface area contributed by atoms with E-state index < -0.39 is 5.54 Å². The summed E-state index contributed by atoms with van der Waals surface area (Å²) < 4.78 is 0. The van der Waals surface area contributed by atoms with E-state index in [-0.39, 0.29) is 11.8 Å². The van der Waals surface area contributed by atoms with Crippen LogP contribution in [-0.4, -0.2) is 18.5 Å². The number of hydrogen-bond donors (Lipinski definition) is 2. The van der Waals surface area contributed by atoms with Crippen molar-refractivity contribution in [1.82, 2.24) is 5.32 Å². The Kier molecular flexibility index (Phi) is 4.99. The summed E-state index contributed by atoms with van der Waals surface area (Å²) in [6.45, 7) is 6.08. The second kappa shape index (κ2) is 5.22. The Hall–Kier alpha value is -0.570. The van der Waals surface area contributed by atoms with E-state index in [1.165, 1.54) is 0 Å². The minimum Gasteiger partial charge on any atom is -0.358 e. The molecule has 0 bridgehead atoms. The van der Waals surface area contributed by atoms with Crippen LogP contribution in [0.3, 0.4) is 0 Å². The van der Waals surface area contributed by atoms with Crippen molar-refractivity contribution in [2.45, 2.75) is 45.6 Å². The van der Waals surface area contributed by atoms with Crippen LogP contribution in [0.4, 0.5) is 0 Å². The maximum absolute atomic E-state index is 11.5. The number of nitrogens with one attached hydrogen (secondary N) is 1. The van der Waals surface area contributed by atoms with Gasteiger partial charge in [0.2, 0.25) is 5.91 Å². The number of hydrogen-bond acceptors (Lipinski definition) is 2. The van der Waals surface area contributed by atoms with Crippen LogP contribution in [0.25, 0.3) is 0 Å². The molecule has 0 aliphatic heterocycles. The number of likely N-dealkylation sites (N-methyl/N-ethyl adjacent to an activating group) is 1. The molecule has 0 saturated carbocycles. The first kappa shape index (κ1) is 12.4. The molecular weight excluding hydrogens is 164 g/mol. The summed E-state index contributed by atoms with van der Waals surface area (Å²) in [5.41, 5.74) is 5.38. The van der Waals surface area contributed by atoms with Crippen LogP contribution < -0.4 is 11.1 Å². The Balaban J connectivity index is 4.43. The fourth-order valence-electron chi connectivity index (χ4n) is 1.37. The largest absolute Gasteiger partial charge is 0.358 e. The van der Waals surface area contributed by atoms with Crippen molar-refractivity contribution in [1.29, 1.82) is 0 Å². The van der Waals surface area contributed by atoms with Gasteiger partial charge in [-0.1, -0.05) is 33.6 Å². The van der Waals surface area contributed by atoms with Gasteiger partial charge in [0.1, 0.15) is 0 Å². The van der Waals surface area contributed by atoms with Crippen LogP contribution in [0.1, 0.15) is 40.0 Å². The van der Waals surface area contributed by atoms with Gasteiger partial charge in [0, 0.05) is 7.05 Å². The summed E-state index contributed by atoms with van der Waals surface area (Å²) >= 11 is 0. The van der Waals surface area contributed by atoms with E-state index in [0.717, 1.165) is 19.3 Å². The maximum Gasteiger partial charge on any atom is 0.240 e. The van der Waals surface area contributed by atoms with Crippen molar-refractivity contribution >= 4 is 5.91 Å². The molecule has 0 radical (unpaired) electrons. The quantitative estimate of drug-likeness (QED) is 0.679. The molecule has 3 heteroatoms. The van der Waals surface area contributed by atoms with Crippen molar-refractivity contribution in [3.63, 3.8) is 0 Å². The van der Waals surface area contributed by atoms with Gasteiger partial charge in [-0.2, -0.15) is 0 Å². The second-order valence-electron chi connectivity index (χ2n) is 3.88. The van der Waals surface area contributed by atoms with Crippen LogP contribution in [0.2, 0.25) is 0 Å². The fraction of sp³-hybridized carbons (Fsp3) is 0.900. The third-order valence-electron chi connectivity index (χ3n) is 2.62. The summed E-state index contributed by atoms with van der Waals surface area (Å²) in [7, 11) is 1.64. The van der Waals surface area contributed by atoms with Gasteiger partial charge in [0.25, 0.3) is 0 Å². The zero-order chi connectivity index (χ0) is 10.5. The van der Waals surface area contributed by atoms with E-state index in [4.69, 9.17) is 5.73 Å². The van der Waals surface area contributed by atoms with Gasteiger partial charge in [-0.3, -0.25) is 4.79 Å². The molecule has 0 fully saturated rings. The van der Waals surface area contributed by atoms with Crippen LogP contribution in [0.15, 0.2) is 0 Å². The monoisotopic (exact) mass is 186 g/mol. The first-order valence-corrected chi connectivity index (χ1v) is 5.00. The summed E-state index contributed by atoms with van der Waals surface area (Å²) in [5.74, 6) is 0.134. The molecule has 3 N–H and O–H groups in total. The van der Waals surface area contributed by atoms with Crippen molar-refractivity contribution in [2.75, 3.05) is 7.05 Å². The van der Waals surface area contributed by atoms with E-state index in [2.05, 4.69) is 12.2 Å². The minimum absolute atomic E-state index is 0.0454. The Morgan fingerprint density at radius 2 is 2.08 bits per heavy atom. The Bertz CT molecular complexity index is 168. The third kappa shape index (κ3) is 2.99. The number of nitrogens with two attached hydrogens (primary N) is 1. The summed E-state index contributed by atoms with van der Waals surface area (Å²) in [6.07, 6.45) is 2.84. The number of carbonyl (C=O) groups excluding carboxylic acids is 1. The Labute approximate surface area is 81.1 Å². The number of rotatable bonds is 5. The molecule has 0 saturated heterocycles. The standard InChI is InChI=1S/C10H22N2O/c1-5-6-7-10(11,8(2)3)9(13)12-4/h8H,5-7,11H2,1-4H3,(H,12,13). The highest BCUT2D eigenvalue weighted by molar-refractivity contribution is 5.86. The van der Waals surface area contributed by atoms with Gasteiger partial charge in [0.15, 0.2) is 0 Å². The molecule has 13 heavy (non-hydrogen) atoms. The lowest BCUT2D eigenvalue weighted by Crippen LogP contribution is -2.56. The molecule has 0 aromatic carbocycles. The van der Waals surface area contributed by atoms with Gasteiger partial charge in [-0.25, -0.2) is 0 Å². The topological polar surface area (TPSA) is 55.1 Å². The molecule has 0 heterocycles. The normalized spacial score (nSPS) is 15.5. The van der Waals surface area contributed by atoms with E-state index in [1.54, 1.807) is 7.05 Å². The average molecular weight is 186 g/mol. The number of unbranched alkanes of at least 4 members (excludes halogenated alkanes) is 1. The minimum atomic E-state index is -0.690. The van der Waals surface area contributed by atoms with Crippen molar-refractivity contribution < 1.29 is 4.79 Å². The highest BCUT2D eigenvalue weighted by Gasteiger charge is 2.35. The van der Waals surface area contributed by atoms with E-state index in [9.17, 15) is 4.79 Å². The zero-order valence-corrected chi connectivity index (χ0v) is 9.18. The second-order valence-corrected chi connectivity index (χ2v) is 3.88. The molecule has 3 nitrogen and oxygen atoms in total. The van der Waals surface area contributed by atoms with Crippen LogP contribution >= 0.6 is 0 Å². The van der Waals surface area contributed by atoms with Gasteiger partial charge >= 0.3 is 0 Å². The molecule has 0 spiro atoms. The summed E-state index contributed by atoms with van der Waals surface area (Å²) in [4.78, 5) is 11.5. The van der Waals surface area contributed by atoms with Crippen LogP contribution in [0.5, 0.6) is 0 Å². The molecule has 0 rings (SSSR count). The number of amides is 1. The van der Waals surface area contributed by atoms with Crippen molar-refractivity contribution in [3.05, 3.63) is 0 Å². The van der Waals surface area contributed by atoms with Crippen molar-refractivity contribution in [2.24, 2.45) is 11.7 Å². The Morgan fingerprint density at radius 3 is 2.38 bits per heavy atom. The zero-order valence-electron chi connectivity index (χ0n) is 9.18. The molecule has 1 atom stereocenters. The lowest BCUT2D eigenvalue weighted by molar-refractivity contribution is -0.127. The lowest BCUT2D eigenvalue weighted by Gasteiger charge is -2.31. The lowest BCUT2D eigenvalue weighted by atomic mass is 9.82. The molecular formula is C10H22N2O. The highest BCUT2D eigenvalue weighted by atomic mass is 16.2. The molecule has 1 unspecified atom stereocenters. The van der Waals surface area contributed by atoms with Gasteiger partial charge in [-0.05, 0) is 12.3 Å². The smallest absolute Gasteiger partial charge is 0.240 e. The van der Waals surface area contributed by atoms with Gasteiger partial charge in [0.05, 0.1) is 5.54 Å². The fourth-order valence-corrected chi connectivity index (χ4v) is 1.37. The van der Waals surface area contributed by atoms with E-state index >= 15 is 0 Å². The van der Waals surface area contributed by atoms with Crippen molar-refractivity contribution in [3.8, 4) is 0 Å². The van der Waals surface area contributed by atoms with Gasteiger partial charge in [-0.15, -0.1) is 0 Å². The van der Waals surface area contributed by atoms with Crippen LogP contribution in [0, 0.1) is 5.92 Å². The maximum atomic E-state index is 11.5. The molecule has 1 amide bonds. The SMILES string of the molecule is CCCCC(N)(C(=O)NC)C(C)C. The molecule has 78 valence electrons. The highest BCUT2D eigenvalue weighted by Crippen LogP contribution is 2.21. The first-order valence-electron chi connectivity index (χ1n) is 5.00.